The topological polar surface area (TPSA) is 95.9 Å². The van der Waals surface area contributed by atoms with Crippen molar-refractivity contribution in [3.05, 3.63) is 36.5 Å². The van der Waals surface area contributed by atoms with Gasteiger partial charge in [-0.2, -0.15) is 0 Å². The van der Waals surface area contributed by atoms with Crippen LogP contribution in [-0.2, 0) is 14.3 Å². The predicted octanol–water partition coefficient (Wildman–Crippen LogP) is 16.5. The minimum Gasteiger partial charge on any atom is -0.462 e. The highest BCUT2D eigenvalue weighted by atomic mass is 16.5. The maximum absolute atomic E-state index is 13.2. The fourth-order valence-corrected chi connectivity index (χ4v) is 8.29. The summed E-state index contributed by atoms with van der Waals surface area (Å²) in [6, 6.07) is -0.704. The molecule has 1 amide bonds. The van der Waals surface area contributed by atoms with E-state index in [4.69, 9.17) is 4.74 Å². The third-order valence-corrected chi connectivity index (χ3v) is 12.4. The summed E-state index contributed by atoms with van der Waals surface area (Å²) in [6.07, 6.45) is 59.4. The van der Waals surface area contributed by atoms with E-state index in [2.05, 4.69) is 62.5 Å². The zero-order chi connectivity index (χ0) is 45.2. The van der Waals surface area contributed by atoms with Crippen LogP contribution in [0.5, 0.6) is 0 Å². The molecule has 3 unspecified atom stereocenters. The van der Waals surface area contributed by atoms with Crippen LogP contribution in [0.4, 0.5) is 0 Å². The van der Waals surface area contributed by atoms with Crippen LogP contribution in [0.25, 0.3) is 0 Å². The summed E-state index contributed by atoms with van der Waals surface area (Å²) in [7, 11) is 0. The van der Waals surface area contributed by atoms with Gasteiger partial charge in [-0.25, -0.2) is 0 Å². The molecule has 3 N–H and O–H groups in total. The van der Waals surface area contributed by atoms with Crippen molar-refractivity contribution >= 4 is 11.9 Å². The molecule has 6 heteroatoms. The van der Waals surface area contributed by atoms with Gasteiger partial charge in [-0.15, -0.1) is 0 Å². The molecule has 0 aliphatic rings. The van der Waals surface area contributed by atoms with Crippen LogP contribution in [0.2, 0.25) is 0 Å². The molecule has 0 radical (unpaired) electrons. The highest BCUT2D eigenvalue weighted by molar-refractivity contribution is 5.77. The summed E-state index contributed by atoms with van der Waals surface area (Å²) in [4.78, 5) is 26.1. The van der Waals surface area contributed by atoms with Crippen molar-refractivity contribution in [2.75, 3.05) is 6.61 Å². The Labute approximate surface area is 385 Å². The highest BCUT2D eigenvalue weighted by Crippen LogP contribution is 2.18. The molecular formula is C56H105NO5. The Morgan fingerprint density at radius 1 is 0.468 bits per heavy atom. The van der Waals surface area contributed by atoms with Gasteiger partial charge < -0.3 is 20.3 Å². The number of carbonyl (C=O) groups excluding carboxylic acids is 2. The second kappa shape index (κ2) is 50.1. The van der Waals surface area contributed by atoms with Gasteiger partial charge in [0.15, 0.2) is 0 Å². The van der Waals surface area contributed by atoms with Crippen molar-refractivity contribution in [3.8, 4) is 0 Å². The number of unbranched alkanes of at least 4 members (excludes halogenated alkanes) is 31. The van der Waals surface area contributed by atoms with Crippen LogP contribution in [-0.4, -0.2) is 46.9 Å². The Hall–Kier alpha value is -1.92. The Bertz CT molecular complexity index is 1020. The van der Waals surface area contributed by atoms with Gasteiger partial charge in [0, 0.05) is 6.42 Å². The van der Waals surface area contributed by atoms with Gasteiger partial charge in [-0.3, -0.25) is 9.59 Å². The summed E-state index contributed by atoms with van der Waals surface area (Å²) in [5.74, 6) is -0.489. The Kier molecular flexibility index (Phi) is 48.5. The quantitative estimate of drug-likeness (QED) is 0.0321. The Morgan fingerprint density at radius 2 is 0.855 bits per heavy atom. The summed E-state index contributed by atoms with van der Waals surface area (Å²) < 4.78 is 5.91. The molecule has 364 valence electrons. The van der Waals surface area contributed by atoms with E-state index in [1.54, 1.807) is 0 Å². The van der Waals surface area contributed by atoms with Gasteiger partial charge in [0.2, 0.25) is 5.91 Å². The lowest BCUT2D eigenvalue weighted by Crippen LogP contribution is -2.46. The third-order valence-electron chi connectivity index (χ3n) is 12.4. The number of aliphatic hydroxyl groups excluding tert-OH is 2. The van der Waals surface area contributed by atoms with Crippen molar-refractivity contribution in [3.63, 3.8) is 0 Å². The summed E-state index contributed by atoms with van der Waals surface area (Å²) in [6.45, 7) is 6.41. The number of amides is 1. The standard InChI is InChI=1S/C56H105NO5/c1-4-7-10-13-16-19-21-23-25-27-28-29-31-33-35-37-40-43-46-49-56(61)62-52(47-44-41-38-18-15-12-9-6-3)50-55(60)57-53(51-58)54(59)48-45-42-39-36-34-32-30-26-24-22-20-17-14-11-8-5-2/h12,15-16,19,23,25,52-54,58-59H,4-11,13-14,17-18,20-22,24,26-51H2,1-3H3,(H,57,60)/b15-12-,19-16-,25-23-. The number of esters is 1. The molecule has 6 nitrogen and oxygen atoms in total. The second-order valence-corrected chi connectivity index (χ2v) is 18.6. The fraction of sp³-hybridized carbons (Fsp3) is 0.857. The summed E-state index contributed by atoms with van der Waals surface area (Å²) >= 11 is 0. The maximum atomic E-state index is 13.2. The zero-order valence-corrected chi connectivity index (χ0v) is 41.5. The Balaban J connectivity index is 4.35. The van der Waals surface area contributed by atoms with Crippen LogP contribution in [0.1, 0.15) is 284 Å². The van der Waals surface area contributed by atoms with Crippen LogP contribution in [0, 0.1) is 0 Å². The van der Waals surface area contributed by atoms with E-state index in [1.807, 2.05) is 0 Å². The van der Waals surface area contributed by atoms with Crippen molar-refractivity contribution in [2.45, 2.75) is 302 Å². The van der Waals surface area contributed by atoms with Crippen molar-refractivity contribution < 1.29 is 24.5 Å². The minimum atomic E-state index is -0.790. The molecule has 62 heavy (non-hydrogen) atoms. The number of allylic oxidation sites excluding steroid dienone is 6. The molecule has 0 heterocycles. The number of rotatable bonds is 49. The average molecular weight is 872 g/mol. The molecule has 0 fully saturated rings. The fourth-order valence-electron chi connectivity index (χ4n) is 8.29. The Morgan fingerprint density at radius 3 is 1.35 bits per heavy atom. The monoisotopic (exact) mass is 872 g/mol. The number of aliphatic hydroxyl groups is 2. The molecule has 0 aromatic heterocycles. The lowest BCUT2D eigenvalue weighted by molar-refractivity contribution is -0.151. The van der Waals surface area contributed by atoms with Gasteiger partial charge in [0.1, 0.15) is 6.10 Å². The van der Waals surface area contributed by atoms with Gasteiger partial charge >= 0.3 is 5.97 Å². The van der Waals surface area contributed by atoms with E-state index in [0.717, 1.165) is 77.0 Å². The predicted molar refractivity (Wildman–Crippen MR) is 269 cm³/mol. The molecule has 0 aromatic carbocycles. The van der Waals surface area contributed by atoms with Crippen LogP contribution in [0.3, 0.4) is 0 Å². The normalized spacial score (nSPS) is 13.4. The third kappa shape index (κ3) is 44.7. The number of ether oxygens (including phenoxy) is 1. The van der Waals surface area contributed by atoms with E-state index in [1.165, 1.54) is 161 Å². The lowest BCUT2D eigenvalue weighted by Gasteiger charge is -2.24. The average Bonchev–Trinajstić information content (AvgIpc) is 3.26. The molecule has 0 saturated heterocycles. The van der Waals surface area contributed by atoms with Gasteiger partial charge in [-0.1, -0.05) is 231 Å². The molecular weight excluding hydrogens is 767 g/mol. The maximum Gasteiger partial charge on any atom is 0.306 e. The van der Waals surface area contributed by atoms with Gasteiger partial charge in [-0.05, 0) is 77.0 Å². The molecule has 0 aromatic rings. The number of hydrogen-bond donors (Lipinski definition) is 3. The molecule has 0 spiro atoms. The van der Waals surface area contributed by atoms with Crippen LogP contribution < -0.4 is 5.32 Å². The smallest absolute Gasteiger partial charge is 0.306 e. The molecule has 0 saturated carbocycles. The molecule has 0 aliphatic carbocycles. The van der Waals surface area contributed by atoms with E-state index in [0.29, 0.717) is 19.3 Å². The van der Waals surface area contributed by atoms with Gasteiger partial charge in [0.05, 0.1) is 25.2 Å². The second-order valence-electron chi connectivity index (χ2n) is 18.6. The lowest BCUT2D eigenvalue weighted by atomic mass is 10.0. The van der Waals surface area contributed by atoms with E-state index >= 15 is 0 Å². The van der Waals surface area contributed by atoms with Gasteiger partial charge in [0.25, 0.3) is 0 Å². The molecule has 0 rings (SSSR count). The SMILES string of the molecule is CCC/C=C\CCCCCC(CC(=O)NC(CO)C(O)CCCCCCCCCCCCCCCCCC)OC(=O)CCCCCCCCCCC/C=C\C/C=C\CCCCC. The first-order valence-corrected chi connectivity index (χ1v) is 27.2. The van der Waals surface area contributed by atoms with Crippen molar-refractivity contribution in [1.29, 1.82) is 0 Å². The molecule has 0 aliphatic heterocycles. The summed E-state index contributed by atoms with van der Waals surface area (Å²) in [5, 5.41) is 23.8. The molecule has 3 atom stereocenters. The first-order chi connectivity index (χ1) is 30.5. The first-order valence-electron chi connectivity index (χ1n) is 27.2. The van der Waals surface area contributed by atoms with E-state index < -0.39 is 18.2 Å². The van der Waals surface area contributed by atoms with Crippen molar-refractivity contribution in [1.82, 2.24) is 5.32 Å². The number of hydrogen-bond acceptors (Lipinski definition) is 5. The van der Waals surface area contributed by atoms with E-state index in [9.17, 15) is 19.8 Å². The zero-order valence-electron chi connectivity index (χ0n) is 41.5. The van der Waals surface area contributed by atoms with Crippen molar-refractivity contribution in [2.24, 2.45) is 0 Å². The minimum absolute atomic E-state index is 0.0667. The first kappa shape index (κ1) is 60.1. The number of nitrogens with one attached hydrogen (secondary N) is 1. The summed E-state index contributed by atoms with van der Waals surface area (Å²) in [5.41, 5.74) is 0. The number of carbonyl (C=O) groups is 2. The highest BCUT2D eigenvalue weighted by Gasteiger charge is 2.24. The molecule has 0 bridgehead atoms. The van der Waals surface area contributed by atoms with Crippen LogP contribution in [0.15, 0.2) is 36.5 Å². The largest absolute Gasteiger partial charge is 0.462 e. The van der Waals surface area contributed by atoms with E-state index in [-0.39, 0.29) is 24.9 Å². The van der Waals surface area contributed by atoms with Crippen LogP contribution >= 0.6 is 0 Å².